The molecule has 1 aromatic rings. The number of hydrogen-bond donors (Lipinski definition) is 2. The van der Waals surface area contributed by atoms with Gasteiger partial charge in [0, 0.05) is 65.3 Å². The van der Waals surface area contributed by atoms with Crippen LogP contribution in [0.25, 0.3) is 0 Å². The maximum absolute atomic E-state index is 11.5. The molecule has 2 aliphatic rings. The van der Waals surface area contributed by atoms with Gasteiger partial charge in [0.2, 0.25) is 5.91 Å². The quantitative estimate of drug-likeness (QED) is 0.510. The Kier molecular flexibility index (Phi) is 8.19. The van der Waals surface area contributed by atoms with E-state index in [0.29, 0.717) is 6.04 Å². The Balaban J connectivity index is 1.48. The van der Waals surface area contributed by atoms with E-state index in [2.05, 4.69) is 39.5 Å². The van der Waals surface area contributed by atoms with E-state index in [0.717, 1.165) is 82.7 Å². The fraction of sp³-hybridized carbons (Fsp3) is 0.636. The Morgan fingerprint density at radius 2 is 1.97 bits per heavy atom. The highest BCUT2D eigenvalue weighted by Crippen LogP contribution is 2.30. The highest BCUT2D eigenvalue weighted by Gasteiger charge is 2.25. The molecule has 2 saturated heterocycles. The summed E-state index contributed by atoms with van der Waals surface area (Å²) in [5, 5.41) is 6.97. The van der Waals surface area contributed by atoms with Crippen molar-refractivity contribution in [1.82, 2.24) is 20.4 Å². The number of carbonyl (C=O) groups excluding carboxylic acids is 1. The van der Waals surface area contributed by atoms with Gasteiger partial charge in [-0.3, -0.25) is 14.7 Å². The lowest BCUT2D eigenvalue weighted by atomic mass is 10.2. The van der Waals surface area contributed by atoms with Gasteiger partial charge in [0.25, 0.3) is 0 Å². The average molecular weight is 417 g/mol. The third-order valence-electron chi connectivity index (χ3n) is 5.80. The molecule has 0 bridgehead atoms. The molecule has 1 amide bonds. The summed E-state index contributed by atoms with van der Waals surface area (Å²) in [6, 6.07) is 8.54. The van der Waals surface area contributed by atoms with Crippen LogP contribution < -0.4 is 20.3 Å². The second-order valence-corrected chi connectivity index (χ2v) is 7.86. The van der Waals surface area contributed by atoms with Crippen LogP contribution in [0.15, 0.2) is 29.3 Å². The first-order valence-corrected chi connectivity index (χ1v) is 11.0. The Hall–Kier alpha value is -2.48. The Morgan fingerprint density at radius 1 is 1.20 bits per heavy atom. The summed E-state index contributed by atoms with van der Waals surface area (Å²) in [4.78, 5) is 22.9. The van der Waals surface area contributed by atoms with Crippen molar-refractivity contribution in [1.29, 1.82) is 0 Å². The van der Waals surface area contributed by atoms with Crippen LogP contribution in [0, 0.1) is 0 Å². The first kappa shape index (κ1) is 22.2. The van der Waals surface area contributed by atoms with Gasteiger partial charge in [-0.1, -0.05) is 12.1 Å². The number of nitrogens with one attached hydrogen (secondary N) is 2. The van der Waals surface area contributed by atoms with Crippen molar-refractivity contribution in [2.24, 2.45) is 4.99 Å². The van der Waals surface area contributed by atoms with Crippen LogP contribution in [0.2, 0.25) is 0 Å². The Bertz CT molecular complexity index is 717. The summed E-state index contributed by atoms with van der Waals surface area (Å²) in [6.07, 6.45) is 1.06. The van der Waals surface area contributed by atoms with E-state index < -0.39 is 0 Å². The summed E-state index contributed by atoms with van der Waals surface area (Å²) < 4.78 is 5.52. The van der Waals surface area contributed by atoms with Gasteiger partial charge < -0.3 is 25.2 Å². The zero-order valence-corrected chi connectivity index (χ0v) is 18.6. The average Bonchev–Trinajstić information content (AvgIpc) is 3.22. The second kappa shape index (κ2) is 11.1. The normalized spacial score (nSPS) is 20.4. The largest absolute Gasteiger partial charge is 0.495 e. The molecule has 0 radical (unpaired) electrons. The predicted octanol–water partition coefficient (Wildman–Crippen LogP) is 0.993. The number of carbonyl (C=O) groups is 1. The SMILES string of the molecule is CCNC(=NCCN1CCN(C(C)=O)CC1)NC1CCN(c2ccccc2OC)C1. The molecule has 0 aromatic heterocycles. The lowest BCUT2D eigenvalue weighted by molar-refractivity contribution is -0.130. The van der Waals surface area contributed by atoms with Crippen molar-refractivity contribution in [3.63, 3.8) is 0 Å². The van der Waals surface area contributed by atoms with Gasteiger partial charge in [0.1, 0.15) is 5.75 Å². The van der Waals surface area contributed by atoms with Gasteiger partial charge in [-0.15, -0.1) is 0 Å². The fourth-order valence-corrected chi connectivity index (χ4v) is 4.09. The van der Waals surface area contributed by atoms with Crippen molar-refractivity contribution < 1.29 is 9.53 Å². The predicted molar refractivity (Wildman–Crippen MR) is 121 cm³/mol. The zero-order valence-electron chi connectivity index (χ0n) is 18.6. The smallest absolute Gasteiger partial charge is 0.219 e. The number of para-hydroxylation sites is 2. The van der Waals surface area contributed by atoms with Crippen LogP contribution in [0.5, 0.6) is 5.75 Å². The number of aliphatic imine (C=N–C) groups is 1. The molecule has 1 aromatic carbocycles. The Labute approximate surface area is 180 Å². The van der Waals surface area contributed by atoms with E-state index in [1.807, 2.05) is 17.0 Å². The van der Waals surface area contributed by atoms with Crippen molar-refractivity contribution in [3.05, 3.63) is 24.3 Å². The minimum absolute atomic E-state index is 0.171. The maximum Gasteiger partial charge on any atom is 0.219 e. The highest BCUT2D eigenvalue weighted by molar-refractivity contribution is 5.80. The van der Waals surface area contributed by atoms with Crippen molar-refractivity contribution in [3.8, 4) is 5.75 Å². The third kappa shape index (κ3) is 6.01. The zero-order chi connectivity index (χ0) is 21.3. The standard InChI is InChI=1S/C22H36N6O2/c1-4-23-22(24-10-12-26-13-15-27(16-14-26)18(2)29)25-19-9-11-28(17-19)20-7-5-6-8-21(20)30-3/h5-8,19H,4,9-17H2,1-3H3,(H2,23,24,25). The number of rotatable bonds is 7. The van der Waals surface area contributed by atoms with Crippen molar-refractivity contribution in [2.75, 3.05) is 70.9 Å². The summed E-state index contributed by atoms with van der Waals surface area (Å²) in [7, 11) is 1.72. The van der Waals surface area contributed by atoms with E-state index in [-0.39, 0.29) is 5.91 Å². The van der Waals surface area contributed by atoms with Crippen LogP contribution in [0.4, 0.5) is 5.69 Å². The van der Waals surface area contributed by atoms with Crippen LogP contribution in [0.3, 0.4) is 0 Å². The molecule has 166 valence electrons. The summed E-state index contributed by atoms with van der Waals surface area (Å²) >= 11 is 0. The van der Waals surface area contributed by atoms with Gasteiger partial charge in [-0.2, -0.15) is 0 Å². The van der Waals surface area contributed by atoms with Crippen LogP contribution in [0.1, 0.15) is 20.3 Å². The van der Waals surface area contributed by atoms with Crippen LogP contribution in [-0.2, 0) is 4.79 Å². The minimum Gasteiger partial charge on any atom is -0.495 e. The van der Waals surface area contributed by atoms with Crippen LogP contribution in [-0.4, -0.2) is 93.7 Å². The maximum atomic E-state index is 11.5. The van der Waals surface area contributed by atoms with Gasteiger partial charge in [0.15, 0.2) is 5.96 Å². The number of amides is 1. The van der Waals surface area contributed by atoms with E-state index in [1.165, 1.54) is 0 Å². The number of benzene rings is 1. The van der Waals surface area contributed by atoms with Gasteiger partial charge >= 0.3 is 0 Å². The molecule has 2 N–H and O–H groups in total. The fourth-order valence-electron chi connectivity index (χ4n) is 4.09. The van der Waals surface area contributed by atoms with Crippen molar-refractivity contribution in [2.45, 2.75) is 26.3 Å². The monoisotopic (exact) mass is 416 g/mol. The molecular weight excluding hydrogens is 380 g/mol. The molecular formula is C22H36N6O2. The molecule has 0 spiro atoms. The number of piperazine rings is 1. The molecule has 8 heteroatoms. The number of ether oxygens (including phenoxy) is 1. The molecule has 1 atom stereocenters. The first-order valence-electron chi connectivity index (χ1n) is 11.0. The first-order chi connectivity index (χ1) is 14.6. The summed E-state index contributed by atoms with van der Waals surface area (Å²) in [5.74, 6) is 1.97. The highest BCUT2D eigenvalue weighted by atomic mass is 16.5. The third-order valence-corrected chi connectivity index (χ3v) is 5.80. The van der Waals surface area contributed by atoms with Gasteiger partial charge in [-0.25, -0.2) is 0 Å². The molecule has 2 aliphatic heterocycles. The van der Waals surface area contributed by atoms with E-state index in [1.54, 1.807) is 14.0 Å². The number of hydrogen-bond acceptors (Lipinski definition) is 5. The minimum atomic E-state index is 0.171. The lowest BCUT2D eigenvalue weighted by Gasteiger charge is -2.33. The number of methoxy groups -OCH3 is 1. The molecule has 1 unspecified atom stereocenters. The molecule has 30 heavy (non-hydrogen) atoms. The molecule has 2 fully saturated rings. The van der Waals surface area contributed by atoms with Gasteiger partial charge in [0.05, 0.1) is 19.3 Å². The Morgan fingerprint density at radius 3 is 2.67 bits per heavy atom. The van der Waals surface area contributed by atoms with E-state index in [4.69, 9.17) is 9.73 Å². The number of anilines is 1. The second-order valence-electron chi connectivity index (χ2n) is 7.86. The molecule has 8 nitrogen and oxygen atoms in total. The van der Waals surface area contributed by atoms with Crippen molar-refractivity contribution >= 4 is 17.6 Å². The van der Waals surface area contributed by atoms with E-state index in [9.17, 15) is 4.79 Å². The number of nitrogens with zero attached hydrogens (tertiary/aromatic N) is 4. The molecule has 0 saturated carbocycles. The molecule has 0 aliphatic carbocycles. The summed E-state index contributed by atoms with van der Waals surface area (Å²) in [5.41, 5.74) is 1.15. The van der Waals surface area contributed by atoms with Gasteiger partial charge in [-0.05, 0) is 25.5 Å². The lowest BCUT2D eigenvalue weighted by Crippen LogP contribution is -2.49. The molecule has 2 heterocycles. The van der Waals surface area contributed by atoms with Crippen LogP contribution >= 0.6 is 0 Å². The topological polar surface area (TPSA) is 72.4 Å². The summed E-state index contributed by atoms with van der Waals surface area (Å²) in [6.45, 7) is 11.7. The van der Waals surface area contributed by atoms with E-state index >= 15 is 0 Å². The number of guanidine groups is 1. The molecule has 3 rings (SSSR count).